The maximum absolute atomic E-state index is 8.82. The summed E-state index contributed by atoms with van der Waals surface area (Å²) >= 11 is 5.68. The molecule has 0 radical (unpaired) electrons. The molecule has 1 aliphatic carbocycles. The van der Waals surface area contributed by atoms with Crippen molar-refractivity contribution in [1.29, 1.82) is 5.26 Å². The van der Waals surface area contributed by atoms with Crippen molar-refractivity contribution in [1.82, 2.24) is 4.98 Å². The van der Waals surface area contributed by atoms with Gasteiger partial charge in [0.05, 0.1) is 5.69 Å². The molecule has 2 rings (SSSR count). The Labute approximate surface area is 89.3 Å². The number of anilines is 1. The van der Waals surface area contributed by atoms with Crippen molar-refractivity contribution >= 4 is 26.0 Å². The maximum Gasteiger partial charge on any atom is 0.165 e. The molecule has 1 aromatic heterocycles. The van der Waals surface area contributed by atoms with Gasteiger partial charge in [-0.05, 0) is 39.4 Å². The van der Waals surface area contributed by atoms with Crippen molar-refractivity contribution in [2.45, 2.75) is 18.5 Å². The fourth-order valence-corrected chi connectivity index (χ4v) is 2.19. The first-order valence-corrected chi connectivity index (χ1v) is 5.83. The summed E-state index contributed by atoms with van der Waals surface area (Å²) < 4.78 is 0. The quantitative estimate of drug-likeness (QED) is 0.636. The number of aromatic nitrogens is 1. The minimum atomic E-state index is 0.363. The van der Waals surface area contributed by atoms with Crippen LogP contribution in [-0.2, 0) is 0 Å². The van der Waals surface area contributed by atoms with Crippen LogP contribution in [0.5, 0.6) is 0 Å². The van der Waals surface area contributed by atoms with Crippen LogP contribution >= 0.6 is 20.3 Å². The van der Waals surface area contributed by atoms with E-state index in [1.165, 1.54) is 12.8 Å². The summed E-state index contributed by atoms with van der Waals surface area (Å²) in [7, 11) is 0.689. The molecule has 72 valence electrons. The molecule has 5 heteroatoms. The van der Waals surface area contributed by atoms with E-state index in [0.29, 0.717) is 19.6 Å². The molecule has 0 aromatic carbocycles. The molecule has 0 spiro atoms. The van der Waals surface area contributed by atoms with Crippen molar-refractivity contribution in [3.05, 3.63) is 23.0 Å². The Morgan fingerprint density at radius 3 is 3.00 bits per heavy atom. The summed E-state index contributed by atoms with van der Waals surface area (Å²) in [4.78, 5) is 3.94. The number of nitrogens with one attached hydrogen (secondary N) is 1. The molecule has 0 saturated heterocycles. The lowest BCUT2D eigenvalue weighted by molar-refractivity contribution is 1.27. The standard InChI is InChI=1S/C9H9ClN3P/c10-9-4-3-7(8(5-11)12-9)13-14-6-1-2-6/h3-4,6,13-14H,1-2H2. The summed E-state index contributed by atoms with van der Waals surface area (Å²) in [6.07, 6.45) is 2.60. The first kappa shape index (κ1) is 9.71. The summed E-state index contributed by atoms with van der Waals surface area (Å²) in [6, 6.07) is 5.53. The van der Waals surface area contributed by atoms with E-state index >= 15 is 0 Å². The Balaban J connectivity index is 2.10. The van der Waals surface area contributed by atoms with Crippen molar-refractivity contribution in [2.75, 3.05) is 5.09 Å². The van der Waals surface area contributed by atoms with Gasteiger partial charge in [-0.15, -0.1) is 0 Å². The van der Waals surface area contributed by atoms with Gasteiger partial charge in [0.1, 0.15) is 11.2 Å². The van der Waals surface area contributed by atoms with Gasteiger partial charge in [-0.25, -0.2) is 4.98 Å². The van der Waals surface area contributed by atoms with Gasteiger partial charge >= 0.3 is 0 Å². The van der Waals surface area contributed by atoms with E-state index in [0.717, 1.165) is 11.3 Å². The van der Waals surface area contributed by atoms with E-state index in [2.05, 4.69) is 10.1 Å². The third kappa shape index (κ3) is 2.35. The molecule has 1 heterocycles. The highest BCUT2D eigenvalue weighted by atomic mass is 35.5. The SMILES string of the molecule is N#Cc1nc(Cl)ccc1NPC1CC1. The fourth-order valence-electron chi connectivity index (χ4n) is 1.03. The Morgan fingerprint density at radius 2 is 2.36 bits per heavy atom. The maximum atomic E-state index is 8.82. The zero-order valence-electron chi connectivity index (χ0n) is 7.42. The minimum Gasteiger partial charge on any atom is -0.364 e. The van der Waals surface area contributed by atoms with E-state index in [-0.39, 0.29) is 0 Å². The molecule has 0 aliphatic heterocycles. The Kier molecular flexibility index (Phi) is 2.86. The Morgan fingerprint density at radius 1 is 1.57 bits per heavy atom. The van der Waals surface area contributed by atoms with E-state index in [9.17, 15) is 0 Å². The van der Waals surface area contributed by atoms with Crippen LogP contribution in [0.25, 0.3) is 0 Å². The second-order valence-corrected chi connectivity index (χ2v) is 4.93. The lowest BCUT2D eigenvalue weighted by Gasteiger charge is -2.06. The van der Waals surface area contributed by atoms with Gasteiger partial charge in [0, 0.05) is 0 Å². The van der Waals surface area contributed by atoms with Gasteiger partial charge in [0.25, 0.3) is 0 Å². The predicted octanol–water partition coefficient (Wildman–Crippen LogP) is 2.77. The van der Waals surface area contributed by atoms with Gasteiger partial charge < -0.3 is 5.09 Å². The van der Waals surface area contributed by atoms with Gasteiger partial charge in [-0.2, -0.15) is 5.26 Å². The number of hydrogen-bond donors (Lipinski definition) is 1. The van der Waals surface area contributed by atoms with Crippen LogP contribution < -0.4 is 5.09 Å². The average molecular weight is 226 g/mol. The minimum absolute atomic E-state index is 0.363. The van der Waals surface area contributed by atoms with Crippen LogP contribution in [0.3, 0.4) is 0 Å². The third-order valence-electron chi connectivity index (χ3n) is 1.96. The van der Waals surface area contributed by atoms with Gasteiger partial charge in [0.2, 0.25) is 0 Å². The number of hydrogen-bond acceptors (Lipinski definition) is 3. The van der Waals surface area contributed by atoms with Crippen molar-refractivity contribution in [2.24, 2.45) is 0 Å². The van der Waals surface area contributed by atoms with Crippen LogP contribution in [0, 0.1) is 11.3 Å². The van der Waals surface area contributed by atoms with Crippen molar-refractivity contribution in [3.63, 3.8) is 0 Å². The Hall–Kier alpha value is -0.840. The average Bonchev–Trinajstić information content (AvgIpc) is 2.99. The molecule has 1 aliphatic rings. The largest absolute Gasteiger partial charge is 0.364 e. The number of nitriles is 1. The fraction of sp³-hybridized carbons (Fsp3) is 0.333. The van der Waals surface area contributed by atoms with Crippen molar-refractivity contribution < 1.29 is 0 Å². The van der Waals surface area contributed by atoms with E-state index in [4.69, 9.17) is 16.9 Å². The van der Waals surface area contributed by atoms with E-state index in [1.807, 2.05) is 12.1 Å². The zero-order chi connectivity index (χ0) is 9.97. The van der Waals surface area contributed by atoms with Crippen LogP contribution in [0.1, 0.15) is 18.5 Å². The smallest absolute Gasteiger partial charge is 0.165 e. The van der Waals surface area contributed by atoms with Gasteiger partial charge in [-0.1, -0.05) is 11.6 Å². The normalized spacial score (nSPS) is 15.7. The molecule has 1 aromatic rings. The molecule has 1 atom stereocenters. The summed E-state index contributed by atoms with van der Waals surface area (Å²) in [5.74, 6) is 0. The van der Waals surface area contributed by atoms with Crippen LogP contribution in [0.4, 0.5) is 5.69 Å². The zero-order valence-corrected chi connectivity index (χ0v) is 9.17. The number of nitrogens with zero attached hydrogens (tertiary/aromatic N) is 2. The number of halogens is 1. The van der Waals surface area contributed by atoms with Crippen LogP contribution in [0.2, 0.25) is 5.15 Å². The molecule has 1 unspecified atom stereocenters. The summed E-state index contributed by atoms with van der Waals surface area (Å²) in [6.45, 7) is 0. The molecule has 1 fully saturated rings. The van der Waals surface area contributed by atoms with E-state index in [1.54, 1.807) is 6.07 Å². The second-order valence-electron chi connectivity index (χ2n) is 3.19. The highest BCUT2D eigenvalue weighted by Gasteiger charge is 2.21. The molecule has 3 nitrogen and oxygen atoms in total. The lowest BCUT2D eigenvalue weighted by Crippen LogP contribution is -1.93. The molecule has 0 amide bonds. The highest BCUT2D eigenvalue weighted by Crippen LogP contribution is 2.39. The second kappa shape index (κ2) is 4.13. The highest BCUT2D eigenvalue weighted by molar-refractivity contribution is 7.41. The molecular weight excluding hydrogens is 217 g/mol. The van der Waals surface area contributed by atoms with Gasteiger partial charge in [-0.3, -0.25) is 0 Å². The van der Waals surface area contributed by atoms with Gasteiger partial charge in [0.15, 0.2) is 5.69 Å². The third-order valence-corrected chi connectivity index (χ3v) is 3.57. The molecular formula is C9H9ClN3P. The number of rotatable bonds is 3. The monoisotopic (exact) mass is 225 g/mol. The number of pyridine rings is 1. The summed E-state index contributed by atoms with van der Waals surface area (Å²) in [5, 5.41) is 12.4. The van der Waals surface area contributed by atoms with Crippen LogP contribution in [0.15, 0.2) is 12.1 Å². The molecule has 1 saturated carbocycles. The summed E-state index contributed by atoms with van der Waals surface area (Å²) in [5.41, 5.74) is 1.98. The van der Waals surface area contributed by atoms with E-state index < -0.39 is 0 Å². The first-order chi connectivity index (χ1) is 6.79. The lowest BCUT2D eigenvalue weighted by atomic mass is 10.3. The predicted molar refractivity (Wildman–Crippen MR) is 58.9 cm³/mol. The molecule has 14 heavy (non-hydrogen) atoms. The molecule has 1 N–H and O–H groups in total. The topological polar surface area (TPSA) is 48.7 Å². The van der Waals surface area contributed by atoms with Crippen molar-refractivity contribution in [3.8, 4) is 6.07 Å². The first-order valence-electron chi connectivity index (χ1n) is 4.38. The molecule has 0 bridgehead atoms. The van der Waals surface area contributed by atoms with Crippen LogP contribution in [-0.4, -0.2) is 10.6 Å². The Bertz CT molecular complexity index is 384.